The summed E-state index contributed by atoms with van der Waals surface area (Å²) in [5.41, 5.74) is 0. The minimum absolute atomic E-state index is 0.0413. The molecule has 0 atom stereocenters. The molecular formula is C22H39N7O7S. The number of nitrogens with zero attached hydrogens (tertiary/aromatic N) is 4. The van der Waals surface area contributed by atoms with Gasteiger partial charge in [0.2, 0.25) is 5.91 Å². The van der Waals surface area contributed by atoms with Gasteiger partial charge in [0.1, 0.15) is 6.61 Å². The minimum atomic E-state index is -0.311. The molecule has 3 heterocycles. The molecule has 0 unspecified atom stereocenters. The number of hydrogen-bond donors (Lipinski definition) is 3. The molecule has 0 aromatic rings. The van der Waals surface area contributed by atoms with E-state index >= 15 is 0 Å². The molecule has 14 nitrogen and oxygen atoms in total. The van der Waals surface area contributed by atoms with Crippen molar-refractivity contribution in [1.82, 2.24) is 35.6 Å². The first-order valence-electron chi connectivity index (χ1n) is 12.1. The zero-order valence-electron chi connectivity index (χ0n) is 22.0. The average molecular weight is 546 g/mol. The fraction of sp³-hybridized carbons (Fsp3) is 0.727. The van der Waals surface area contributed by atoms with Gasteiger partial charge >= 0.3 is 24.1 Å². The second kappa shape index (κ2) is 17.3. The SMILES string of the molecule is CC(=O)NCCN1CCNC1=O.CC(=O)OCCN1CCNC1=O.CC(=O)SCCN1CCN(C)C1=O. The summed E-state index contributed by atoms with van der Waals surface area (Å²) in [6.07, 6.45) is 0. The Balaban J connectivity index is 0.000000278. The van der Waals surface area contributed by atoms with Crippen LogP contribution in [0.1, 0.15) is 20.8 Å². The van der Waals surface area contributed by atoms with Crippen LogP contribution in [-0.2, 0) is 19.1 Å². The molecule has 0 aromatic heterocycles. The standard InChI is InChI=1S/C8H14N2O2S.C7H13N3O2.C7H12N2O3/c1-7(11)13-6-5-10-4-3-9(2)8(10)12;1-6(11)8-2-4-10-5-3-9-7(10)12;1-6(10)12-5-4-9-3-2-8-7(9)11/h3-6H2,1-2H3;2-5H2,1H3,(H,8,11)(H,9,12);2-5H2,1H3,(H,8,11). The summed E-state index contributed by atoms with van der Waals surface area (Å²) in [6.45, 7) is 11.3. The largest absolute Gasteiger partial charge is 0.464 e. The Kier molecular flexibility index (Phi) is 14.8. The Morgan fingerprint density at radius 1 is 0.865 bits per heavy atom. The van der Waals surface area contributed by atoms with E-state index in [1.165, 1.54) is 25.6 Å². The number of amides is 7. The molecule has 0 bridgehead atoms. The number of carbonyl (C=O) groups is 6. The third-order valence-electron chi connectivity index (χ3n) is 5.28. The lowest BCUT2D eigenvalue weighted by Gasteiger charge is -2.14. The van der Waals surface area contributed by atoms with Crippen LogP contribution in [-0.4, -0.2) is 140 Å². The zero-order valence-corrected chi connectivity index (χ0v) is 22.9. The first-order valence-corrected chi connectivity index (χ1v) is 13.1. The molecule has 3 saturated heterocycles. The Hall–Kier alpha value is -3.23. The maximum atomic E-state index is 11.3. The lowest BCUT2D eigenvalue weighted by molar-refractivity contribution is -0.141. The third kappa shape index (κ3) is 13.6. The average Bonchev–Trinajstić information content (AvgIpc) is 3.51. The monoisotopic (exact) mass is 545 g/mol. The number of esters is 1. The second-order valence-electron chi connectivity index (χ2n) is 8.29. The van der Waals surface area contributed by atoms with Gasteiger partial charge in [0.25, 0.3) is 0 Å². The number of rotatable bonds is 9. The van der Waals surface area contributed by atoms with Gasteiger partial charge in [0.15, 0.2) is 5.12 Å². The van der Waals surface area contributed by atoms with Crippen LogP contribution in [0.4, 0.5) is 14.4 Å². The summed E-state index contributed by atoms with van der Waals surface area (Å²) in [5.74, 6) is 0.332. The highest BCUT2D eigenvalue weighted by molar-refractivity contribution is 8.13. The molecule has 0 spiro atoms. The van der Waals surface area contributed by atoms with Gasteiger partial charge in [-0.05, 0) is 0 Å². The molecule has 0 saturated carbocycles. The van der Waals surface area contributed by atoms with Crippen LogP contribution in [0.15, 0.2) is 0 Å². The van der Waals surface area contributed by atoms with Crippen LogP contribution >= 0.6 is 11.8 Å². The third-order valence-corrected chi connectivity index (χ3v) is 6.07. The van der Waals surface area contributed by atoms with E-state index in [1.807, 2.05) is 0 Å². The fourth-order valence-electron chi connectivity index (χ4n) is 3.33. The summed E-state index contributed by atoms with van der Waals surface area (Å²) in [7, 11) is 1.79. The van der Waals surface area contributed by atoms with Gasteiger partial charge in [-0.2, -0.15) is 0 Å². The van der Waals surface area contributed by atoms with E-state index in [2.05, 4.69) is 16.0 Å². The van der Waals surface area contributed by atoms with E-state index < -0.39 is 0 Å². The highest BCUT2D eigenvalue weighted by atomic mass is 32.2. The number of nitrogens with one attached hydrogen (secondary N) is 3. The van der Waals surface area contributed by atoms with Crippen molar-refractivity contribution in [3.05, 3.63) is 0 Å². The van der Waals surface area contributed by atoms with Gasteiger partial charge in [-0.1, -0.05) is 11.8 Å². The van der Waals surface area contributed by atoms with Gasteiger partial charge in [-0.25, -0.2) is 14.4 Å². The normalized spacial score (nSPS) is 16.4. The summed E-state index contributed by atoms with van der Waals surface area (Å²) >= 11 is 1.27. The van der Waals surface area contributed by atoms with Gasteiger partial charge < -0.3 is 40.3 Å². The molecule has 3 rings (SSSR count). The van der Waals surface area contributed by atoms with Crippen LogP contribution in [0, 0.1) is 0 Å². The Labute approximate surface area is 221 Å². The maximum absolute atomic E-state index is 11.3. The zero-order chi connectivity index (χ0) is 27.8. The van der Waals surface area contributed by atoms with Crippen LogP contribution in [0.2, 0.25) is 0 Å². The van der Waals surface area contributed by atoms with Crippen molar-refractivity contribution >= 4 is 46.8 Å². The molecule has 0 aromatic carbocycles. The number of urea groups is 3. The van der Waals surface area contributed by atoms with Crippen LogP contribution < -0.4 is 16.0 Å². The summed E-state index contributed by atoms with van der Waals surface area (Å²) in [5, 5.41) is 8.08. The minimum Gasteiger partial charge on any atom is -0.464 e. The van der Waals surface area contributed by atoms with Gasteiger partial charge in [0.05, 0.1) is 6.54 Å². The van der Waals surface area contributed by atoms with E-state index in [1.54, 1.807) is 33.6 Å². The highest BCUT2D eigenvalue weighted by Gasteiger charge is 2.24. The number of hydrogen-bond acceptors (Lipinski definition) is 8. The fourth-order valence-corrected chi connectivity index (χ4v) is 3.93. The predicted molar refractivity (Wildman–Crippen MR) is 138 cm³/mol. The molecule has 0 radical (unpaired) electrons. The van der Waals surface area contributed by atoms with E-state index in [0.29, 0.717) is 51.6 Å². The van der Waals surface area contributed by atoms with E-state index in [-0.39, 0.29) is 41.7 Å². The molecule has 3 aliphatic rings. The van der Waals surface area contributed by atoms with Crippen molar-refractivity contribution in [2.45, 2.75) is 20.8 Å². The smallest absolute Gasteiger partial charge is 0.319 e. The topological polar surface area (TPSA) is 161 Å². The summed E-state index contributed by atoms with van der Waals surface area (Å²) in [4.78, 5) is 71.4. The molecule has 15 heteroatoms. The van der Waals surface area contributed by atoms with Crippen LogP contribution in [0.25, 0.3) is 0 Å². The lowest BCUT2D eigenvalue weighted by Crippen LogP contribution is -2.35. The van der Waals surface area contributed by atoms with Crippen LogP contribution in [0.3, 0.4) is 0 Å². The van der Waals surface area contributed by atoms with Crippen molar-refractivity contribution in [2.24, 2.45) is 0 Å². The Bertz CT molecular complexity index is 772. The molecule has 37 heavy (non-hydrogen) atoms. The van der Waals surface area contributed by atoms with E-state index in [9.17, 15) is 28.8 Å². The second-order valence-corrected chi connectivity index (χ2v) is 9.56. The van der Waals surface area contributed by atoms with Crippen LogP contribution in [0.5, 0.6) is 0 Å². The van der Waals surface area contributed by atoms with Crippen molar-refractivity contribution in [1.29, 1.82) is 0 Å². The number of ether oxygens (including phenoxy) is 1. The molecule has 7 amide bonds. The summed E-state index contributed by atoms with van der Waals surface area (Å²) in [6, 6.07) is -0.0494. The number of carbonyl (C=O) groups excluding carboxylic acids is 6. The molecule has 3 N–H and O–H groups in total. The molecule has 3 aliphatic heterocycles. The molecule has 3 fully saturated rings. The van der Waals surface area contributed by atoms with Crippen molar-refractivity contribution in [3.8, 4) is 0 Å². The molecule has 210 valence electrons. The van der Waals surface area contributed by atoms with Gasteiger partial charge in [0, 0.05) is 92.5 Å². The van der Waals surface area contributed by atoms with Gasteiger partial charge in [-0.15, -0.1) is 0 Å². The van der Waals surface area contributed by atoms with E-state index in [4.69, 9.17) is 4.74 Å². The van der Waals surface area contributed by atoms with E-state index in [0.717, 1.165) is 19.6 Å². The van der Waals surface area contributed by atoms with Gasteiger partial charge in [-0.3, -0.25) is 14.4 Å². The first kappa shape index (κ1) is 31.8. The Morgan fingerprint density at radius 2 is 1.46 bits per heavy atom. The maximum Gasteiger partial charge on any atom is 0.319 e. The van der Waals surface area contributed by atoms with Crippen molar-refractivity contribution < 1.29 is 33.5 Å². The first-order chi connectivity index (χ1) is 17.5. The summed E-state index contributed by atoms with van der Waals surface area (Å²) < 4.78 is 4.69. The molecule has 0 aliphatic carbocycles. The highest BCUT2D eigenvalue weighted by Crippen LogP contribution is 2.08. The predicted octanol–water partition coefficient (Wildman–Crippen LogP) is -0.644. The number of thioether (sulfide) groups is 1. The van der Waals surface area contributed by atoms with Crippen molar-refractivity contribution in [3.63, 3.8) is 0 Å². The quantitative estimate of drug-likeness (QED) is 0.322. The molecular weight excluding hydrogens is 506 g/mol. The van der Waals surface area contributed by atoms with Crippen molar-refractivity contribution in [2.75, 3.05) is 84.9 Å². The number of likely N-dealkylation sites (N-methyl/N-ethyl adjacent to an activating group) is 1. The Morgan fingerprint density at radius 3 is 1.89 bits per heavy atom. The lowest BCUT2D eigenvalue weighted by atomic mass is 10.5.